The van der Waals surface area contributed by atoms with E-state index in [9.17, 15) is 0 Å². The van der Waals surface area contributed by atoms with Gasteiger partial charge in [-0.2, -0.15) is 0 Å². The third-order valence-electron chi connectivity index (χ3n) is 1.84. The molecule has 0 amide bonds. The number of nitrogens with zero attached hydrogens (tertiary/aromatic N) is 1. The van der Waals surface area contributed by atoms with Crippen LogP contribution in [0.1, 0.15) is 18.2 Å². The van der Waals surface area contributed by atoms with E-state index in [-0.39, 0.29) is 0 Å². The molecule has 1 aromatic heterocycles. The summed E-state index contributed by atoms with van der Waals surface area (Å²) >= 11 is 0. The zero-order valence-corrected chi connectivity index (χ0v) is 7.59. The second-order valence-corrected chi connectivity index (χ2v) is 2.55. The predicted octanol–water partition coefficient (Wildman–Crippen LogP) is 2.33. The minimum absolute atomic E-state index is 0.891. The van der Waals surface area contributed by atoms with Crippen molar-refractivity contribution in [2.24, 2.45) is 0 Å². The van der Waals surface area contributed by atoms with Gasteiger partial charge in [0, 0.05) is 7.05 Å². The molecule has 0 saturated carbocycles. The molecule has 64 valence electrons. The van der Waals surface area contributed by atoms with Crippen molar-refractivity contribution in [2.45, 2.75) is 13.3 Å². The van der Waals surface area contributed by atoms with Gasteiger partial charge in [0.15, 0.2) is 0 Å². The normalized spacial score (nSPS) is 9.50. The van der Waals surface area contributed by atoms with Gasteiger partial charge in [-0.3, -0.25) is 0 Å². The molecule has 1 aromatic rings. The first kappa shape index (κ1) is 8.78. The summed E-state index contributed by atoms with van der Waals surface area (Å²) in [6, 6.07) is 4.06. The van der Waals surface area contributed by atoms with E-state index in [1.54, 1.807) is 6.08 Å². The first-order valence-corrected chi connectivity index (χ1v) is 4.12. The van der Waals surface area contributed by atoms with E-state index in [1.807, 2.05) is 13.1 Å². The average molecular weight is 162 g/mol. The third-order valence-corrected chi connectivity index (χ3v) is 1.84. The number of hydrogen-bond donors (Lipinski definition) is 1. The predicted molar refractivity (Wildman–Crippen MR) is 53.3 cm³/mol. The molecule has 2 heteroatoms. The van der Waals surface area contributed by atoms with Crippen LogP contribution in [-0.2, 0) is 6.42 Å². The fourth-order valence-corrected chi connectivity index (χ4v) is 1.12. The van der Waals surface area contributed by atoms with Gasteiger partial charge in [-0.15, -0.1) is 0 Å². The largest absolute Gasteiger partial charge is 0.373 e. The summed E-state index contributed by atoms with van der Waals surface area (Å²) in [4.78, 5) is 4.35. The minimum Gasteiger partial charge on any atom is -0.373 e. The average Bonchev–Trinajstić information content (AvgIpc) is 2.16. The van der Waals surface area contributed by atoms with Crippen LogP contribution in [0.3, 0.4) is 0 Å². The van der Waals surface area contributed by atoms with Gasteiger partial charge in [0.25, 0.3) is 0 Å². The fraction of sp³-hybridized carbons (Fsp3) is 0.300. The lowest BCUT2D eigenvalue weighted by molar-refractivity contribution is 1.09. The SMILES string of the molecule is C=Cc1nc(NC)ccc1CC. The lowest BCUT2D eigenvalue weighted by Gasteiger charge is -2.04. The van der Waals surface area contributed by atoms with E-state index >= 15 is 0 Å². The molecular formula is C10H14N2. The van der Waals surface area contributed by atoms with Crippen molar-refractivity contribution in [1.29, 1.82) is 0 Å². The fourth-order valence-electron chi connectivity index (χ4n) is 1.12. The second-order valence-electron chi connectivity index (χ2n) is 2.55. The zero-order chi connectivity index (χ0) is 8.97. The molecule has 0 bridgehead atoms. The van der Waals surface area contributed by atoms with Crippen LogP contribution in [0.2, 0.25) is 0 Å². The van der Waals surface area contributed by atoms with E-state index in [2.05, 4.69) is 29.9 Å². The summed E-state index contributed by atoms with van der Waals surface area (Å²) in [7, 11) is 1.86. The van der Waals surface area contributed by atoms with E-state index in [4.69, 9.17) is 0 Å². The summed E-state index contributed by atoms with van der Waals surface area (Å²) in [6.07, 6.45) is 2.79. The zero-order valence-electron chi connectivity index (χ0n) is 7.59. The molecule has 12 heavy (non-hydrogen) atoms. The van der Waals surface area contributed by atoms with Crippen LogP contribution >= 0.6 is 0 Å². The van der Waals surface area contributed by atoms with Crippen LogP contribution in [0.15, 0.2) is 18.7 Å². The third kappa shape index (κ3) is 1.64. The molecule has 0 unspecified atom stereocenters. The molecule has 0 fully saturated rings. The second kappa shape index (κ2) is 3.90. The minimum atomic E-state index is 0.891. The van der Waals surface area contributed by atoms with Gasteiger partial charge in [-0.25, -0.2) is 4.98 Å². The van der Waals surface area contributed by atoms with Gasteiger partial charge >= 0.3 is 0 Å². The monoisotopic (exact) mass is 162 g/mol. The Morgan fingerprint density at radius 2 is 2.33 bits per heavy atom. The van der Waals surface area contributed by atoms with Crippen molar-refractivity contribution in [2.75, 3.05) is 12.4 Å². The summed E-state index contributed by atoms with van der Waals surface area (Å²) in [6.45, 7) is 5.84. The van der Waals surface area contributed by atoms with Gasteiger partial charge in [0.1, 0.15) is 5.82 Å². The molecule has 0 saturated heterocycles. The molecule has 0 radical (unpaired) electrons. The van der Waals surface area contributed by atoms with Gasteiger partial charge < -0.3 is 5.32 Å². The molecule has 2 nitrogen and oxygen atoms in total. The van der Waals surface area contributed by atoms with Crippen molar-refractivity contribution in [3.63, 3.8) is 0 Å². The Balaban J connectivity index is 3.10. The van der Waals surface area contributed by atoms with Crippen LogP contribution in [-0.4, -0.2) is 12.0 Å². The highest BCUT2D eigenvalue weighted by Gasteiger charge is 1.98. The van der Waals surface area contributed by atoms with Gasteiger partial charge in [-0.05, 0) is 24.1 Å². The van der Waals surface area contributed by atoms with Gasteiger partial charge in [0.05, 0.1) is 5.69 Å². The van der Waals surface area contributed by atoms with Gasteiger partial charge in [0.2, 0.25) is 0 Å². The Morgan fingerprint density at radius 1 is 1.58 bits per heavy atom. The van der Waals surface area contributed by atoms with Crippen molar-refractivity contribution in [1.82, 2.24) is 4.98 Å². The summed E-state index contributed by atoms with van der Waals surface area (Å²) in [5.41, 5.74) is 2.22. The van der Waals surface area contributed by atoms with Crippen molar-refractivity contribution in [3.8, 4) is 0 Å². The maximum atomic E-state index is 4.35. The lowest BCUT2D eigenvalue weighted by atomic mass is 10.1. The summed E-state index contributed by atoms with van der Waals surface area (Å²) in [5, 5.41) is 2.99. The molecule has 0 aliphatic rings. The first-order chi connectivity index (χ1) is 5.81. The van der Waals surface area contributed by atoms with Crippen LogP contribution in [0, 0.1) is 0 Å². The van der Waals surface area contributed by atoms with Gasteiger partial charge in [-0.1, -0.05) is 19.6 Å². The highest BCUT2D eigenvalue weighted by Crippen LogP contribution is 2.12. The quantitative estimate of drug-likeness (QED) is 0.737. The Labute approximate surface area is 73.3 Å². The molecular weight excluding hydrogens is 148 g/mol. The Hall–Kier alpha value is -1.31. The number of pyridine rings is 1. The Morgan fingerprint density at radius 3 is 2.83 bits per heavy atom. The van der Waals surface area contributed by atoms with Crippen LogP contribution in [0.5, 0.6) is 0 Å². The Kier molecular flexibility index (Phi) is 2.86. The van der Waals surface area contributed by atoms with Crippen molar-refractivity contribution >= 4 is 11.9 Å². The molecule has 1 N–H and O–H groups in total. The maximum absolute atomic E-state index is 4.35. The molecule has 1 rings (SSSR count). The van der Waals surface area contributed by atoms with Crippen LogP contribution in [0.25, 0.3) is 6.08 Å². The smallest absolute Gasteiger partial charge is 0.126 e. The summed E-state index contributed by atoms with van der Waals surface area (Å²) < 4.78 is 0. The topological polar surface area (TPSA) is 24.9 Å². The van der Waals surface area contributed by atoms with E-state index < -0.39 is 0 Å². The first-order valence-electron chi connectivity index (χ1n) is 4.12. The van der Waals surface area contributed by atoms with E-state index in [1.165, 1.54) is 5.56 Å². The molecule has 0 aromatic carbocycles. The molecule has 0 aliphatic heterocycles. The number of nitrogens with one attached hydrogen (secondary N) is 1. The Bertz CT molecular complexity index is 279. The van der Waals surface area contributed by atoms with Crippen LogP contribution < -0.4 is 5.32 Å². The van der Waals surface area contributed by atoms with E-state index in [0.717, 1.165) is 17.9 Å². The molecule has 0 aliphatic carbocycles. The highest BCUT2D eigenvalue weighted by atomic mass is 15.0. The summed E-state index contributed by atoms with van der Waals surface area (Å²) in [5.74, 6) is 0.891. The maximum Gasteiger partial charge on any atom is 0.126 e. The number of anilines is 1. The highest BCUT2D eigenvalue weighted by molar-refractivity contribution is 5.51. The van der Waals surface area contributed by atoms with E-state index in [0.29, 0.717) is 0 Å². The molecule has 0 atom stereocenters. The number of rotatable bonds is 3. The number of aromatic nitrogens is 1. The molecule has 0 spiro atoms. The number of hydrogen-bond acceptors (Lipinski definition) is 2. The van der Waals surface area contributed by atoms with Crippen molar-refractivity contribution < 1.29 is 0 Å². The van der Waals surface area contributed by atoms with Crippen molar-refractivity contribution in [3.05, 3.63) is 30.0 Å². The molecule has 1 heterocycles. The standard InChI is InChI=1S/C10H14N2/c1-4-8-6-7-10(11-3)12-9(8)5-2/h5-7H,2,4H2,1,3H3,(H,11,12). The lowest BCUT2D eigenvalue weighted by Crippen LogP contribution is -1.96. The van der Waals surface area contributed by atoms with Crippen LogP contribution in [0.4, 0.5) is 5.82 Å². The number of aryl methyl sites for hydroxylation is 1.